The second kappa shape index (κ2) is 4.75. The quantitative estimate of drug-likeness (QED) is 0.709. The van der Waals surface area contributed by atoms with Crippen molar-refractivity contribution in [3.63, 3.8) is 0 Å². The minimum absolute atomic E-state index is 0.125. The van der Waals surface area contributed by atoms with Crippen LogP contribution in [0.25, 0.3) is 0 Å². The molecular formula is C11H21NO. The van der Waals surface area contributed by atoms with Crippen LogP contribution in [-0.4, -0.2) is 11.8 Å². The topological polar surface area (TPSA) is 43.1 Å². The molecule has 0 heterocycles. The summed E-state index contributed by atoms with van der Waals surface area (Å²) in [5.74, 6) is 1.67. The zero-order valence-corrected chi connectivity index (χ0v) is 8.75. The number of Topliss-reactive ketones (excluding diaryl/α,β-unsaturated/α-hetero) is 1. The Morgan fingerprint density at radius 2 is 2.15 bits per heavy atom. The molecule has 1 aliphatic rings. The van der Waals surface area contributed by atoms with Crippen molar-refractivity contribution in [2.24, 2.45) is 17.6 Å². The van der Waals surface area contributed by atoms with Crippen molar-refractivity contribution in [1.29, 1.82) is 0 Å². The predicted molar refractivity (Wildman–Crippen MR) is 54.4 cm³/mol. The molecule has 0 radical (unpaired) electrons. The molecule has 0 aromatic rings. The second-order valence-electron chi connectivity index (χ2n) is 4.59. The first kappa shape index (κ1) is 10.7. The van der Waals surface area contributed by atoms with Crippen molar-refractivity contribution < 1.29 is 4.79 Å². The molecule has 1 saturated carbocycles. The largest absolute Gasteiger partial charge is 0.322 e. The van der Waals surface area contributed by atoms with Crippen molar-refractivity contribution in [3.8, 4) is 0 Å². The van der Waals surface area contributed by atoms with Gasteiger partial charge in [0.15, 0.2) is 0 Å². The zero-order chi connectivity index (χ0) is 9.84. The van der Waals surface area contributed by atoms with Gasteiger partial charge in [0.2, 0.25) is 0 Å². The Hall–Kier alpha value is -0.370. The highest BCUT2D eigenvalue weighted by Gasteiger charge is 2.21. The van der Waals surface area contributed by atoms with Gasteiger partial charge in [0.1, 0.15) is 5.78 Å². The van der Waals surface area contributed by atoms with Crippen LogP contribution < -0.4 is 5.73 Å². The molecule has 76 valence electrons. The smallest absolute Gasteiger partial charge is 0.146 e. The first-order chi connectivity index (χ1) is 6.09. The summed E-state index contributed by atoms with van der Waals surface area (Å²) < 4.78 is 0. The highest BCUT2D eigenvalue weighted by molar-refractivity contribution is 5.81. The maximum absolute atomic E-state index is 10.9. The summed E-state index contributed by atoms with van der Waals surface area (Å²) in [6.45, 7) is 3.79. The summed E-state index contributed by atoms with van der Waals surface area (Å²) in [4.78, 5) is 10.9. The molecule has 2 heteroatoms. The highest BCUT2D eigenvalue weighted by atomic mass is 16.1. The van der Waals surface area contributed by atoms with Crippen LogP contribution in [-0.2, 0) is 4.79 Å². The van der Waals surface area contributed by atoms with Crippen molar-refractivity contribution in [1.82, 2.24) is 0 Å². The van der Waals surface area contributed by atoms with E-state index in [-0.39, 0.29) is 11.8 Å². The number of hydrogen-bond acceptors (Lipinski definition) is 2. The van der Waals surface area contributed by atoms with Crippen LogP contribution in [0.4, 0.5) is 0 Å². The van der Waals surface area contributed by atoms with Crippen LogP contribution in [0.5, 0.6) is 0 Å². The van der Waals surface area contributed by atoms with Gasteiger partial charge in [0.05, 0.1) is 6.04 Å². The normalized spacial score (nSPS) is 22.1. The fraction of sp³-hybridized carbons (Fsp3) is 0.909. The SMILES string of the molecule is CC(=O)[C@@H](N)C[C@H](C)CC1CCC1. The zero-order valence-electron chi connectivity index (χ0n) is 8.75. The maximum atomic E-state index is 10.9. The minimum Gasteiger partial charge on any atom is -0.322 e. The molecule has 0 aromatic heterocycles. The number of carbonyl (C=O) groups excluding carboxylic acids is 1. The third-order valence-electron chi connectivity index (χ3n) is 3.14. The first-order valence-electron chi connectivity index (χ1n) is 5.35. The van der Waals surface area contributed by atoms with E-state index in [1.807, 2.05) is 0 Å². The van der Waals surface area contributed by atoms with Gasteiger partial charge in [-0.15, -0.1) is 0 Å². The Kier molecular flexibility index (Phi) is 3.91. The van der Waals surface area contributed by atoms with Gasteiger partial charge < -0.3 is 5.73 Å². The summed E-state index contributed by atoms with van der Waals surface area (Å²) in [6.07, 6.45) is 6.31. The predicted octanol–water partition coefficient (Wildman–Crippen LogP) is 2.12. The molecule has 2 N–H and O–H groups in total. The molecule has 0 amide bonds. The number of hydrogen-bond donors (Lipinski definition) is 1. The lowest BCUT2D eigenvalue weighted by Gasteiger charge is -2.28. The van der Waals surface area contributed by atoms with E-state index >= 15 is 0 Å². The lowest BCUT2D eigenvalue weighted by atomic mass is 9.78. The summed E-state index contributed by atoms with van der Waals surface area (Å²) in [6, 6.07) is -0.227. The number of carbonyl (C=O) groups is 1. The lowest BCUT2D eigenvalue weighted by molar-refractivity contribution is -0.118. The van der Waals surface area contributed by atoms with Gasteiger partial charge in [-0.2, -0.15) is 0 Å². The Balaban J connectivity index is 2.15. The standard InChI is InChI=1S/C11H21NO/c1-8(6-10-4-3-5-10)7-11(12)9(2)13/h8,10-11H,3-7,12H2,1-2H3/t8-,11+/m1/s1. The Morgan fingerprint density at radius 1 is 1.54 bits per heavy atom. The van der Waals surface area contributed by atoms with Crippen LogP contribution >= 0.6 is 0 Å². The van der Waals surface area contributed by atoms with Gasteiger partial charge in [-0.25, -0.2) is 0 Å². The molecule has 13 heavy (non-hydrogen) atoms. The third-order valence-corrected chi connectivity index (χ3v) is 3.14. The molecular weight excluding hydrogens is 162 g/mol. The molecule has 1 rings (SSSR count). The van der Waals surface area contributed by atoms with Crippen LogP contribution in [0.3, 0.4) is 0 Å². The van der Waals surface area contributed by atoms with E-state index < -0.39 is 0 Å². The number of nitrogens with two attached hydrogens (primary N) is 1. The van der Waals surface area contributed by atoms with Gasteiger partial charge in [-0.3, -0.25) is 4.79 Å². The summed E-state index contributed by atoms with van der Waals surface area (Å²) in [5, 5.41) is 0. The first-order valence-corrected chi connectivity index (χ1v) is 5.35. The van der Waals surface area contributed by atoms with Crippen molar-refractivity contribution in [2.45, 2.75) is 52.0 Å². The average Bonchev–Trinajstić information content (AvgIpc) is 1.96. The summed E-state index contributed by atoms with van der Waals surface area (Å²) >= 11 is 0. The highest BCUT2D eigenvalue weighted by Crippen LogP contribution is 2.33. The monoisotopic (exact) mass is 183 g/mol. The second-order valence-corrected chi connectivity index (χ2v) is 4.59. The van der Waals surface area contributed by atoms with Gasteiger partial charge in [-0.05, 0) is 31.6 Å². The van der Waals surface area contributed by atoms with E-state index in [1.165, 1.54) is 25.7 Å². The Labute approximate surface area is 80.9 Å². The third kappa shape index (κ3) is 3.47. The van der Waals surface area contributed by atoms with Crippen LogP contribution in [0.2, 0.25) is 0 Å². The minimum atomic E-state index is -0.227. The van der Waals surface area contributed by atoms with E-state index in [0.717, 1.165) is 12.3 Å². The van der Waals surface area contributed by atoms with Crippen LogP contribution in [0.1, 0.15) is 46.0 Å². The molecule has 0 unspecified atom stereocenters. The molecule has 0 spiro atoms. The van der Waals surface area contributed by atoms with Crippen LogP contribution in [0.15, 0.2) is 0 Å². The molecule has 1 aliphatic carbocycles. The molecule has 0 saturated heterocycles. The summed E-state index contributed by atoms with van der Waals surface area (Å²) in [7, 11) is 0. The fourth-order valence-electron chi connectivity index (χ4n) is 1.99. The Bertz CT molecular complexity index is 175. The maximum Gasteiger partial charge on any atom is 0.146 e. The molecule has 1 fully saturated rings. The molecule has 2 nitrogen and oxygen atoms in total. The van der Waals surface area contributed by atoms with Gasteiger partial charge in [-0.1, -0.05) is 26.2 Å². The molecule has 0 aliphatic heterocycles. The fourth-order valence-corrected chi connectivity index (χ4v) is 1.99. The summed E-state index contributed by atoms with van der Waals surface area (Å²) in [5.41, 5.74) is 5.70. The van der Waals surface area contributed by atoms with Crippen molar-refractivity contribution in [3.05, 3.63) is 0 Å². The molecule has 0 aromatic carbocycles. The van der Waals surface area contributed by atoms with E-state index in [4.69, 9.17) is 5.73 Å². The van der Waals surface area contributed by atoms with Gasteiger partial charge >= 0.3 is 0 Å². The van der Waals surface area contributed by atoms with E-state index in [9.17, 15) is 4.79 Å². The number of ketones is 1. The van der Waals surface area contributed by atoms with Gasteiger partial charge in [0.25, 0.3) is 0 Å². The molecule has 0 bridgehead atoms. The number of rotatable bonds is 5. The van der Waals surface area contributed by atoms with Crippen molar-refractivity contribution in [2.75, 3.05) is 0 Å². The average molecular weight is 183 g/mol. The Morgan fingerprint density at radius 3 is 2.54 bits per heavy atom. The lowest BCUT2D eigenvalue weighted by Crippen LogP contribution is -2.31. The van der Waals surface area contributed by atoms with Gasteiger partial charge in [0, 0.05) is 0 Å². The van der Waals surface area contributed by atoms with Crippen LogP contribution in [0, 0.1) is 11.8 Å². The van der Waals surface area contributed by atoms with E-state index in [1.54, 1.807) is 6.92 Å². The molecule has 2 atom stereocenters. The van der Waals surface area contributed by atoms with E-state index in [0.29, 0.717) is 5.92 Å². The van der Waals surface area contributed by atoms with E-state index in [2.05, 4.69) is 6.92 Å². The van der Waals surface area contributed by atoms with Crippen molar-refractivity contribution >= 4 is 5.78 Å².